The molecule has 3 heterocycles. The molecule has 41 heavy (non-hydrogen) atoms. The van der Waals surface area contributed by atoms with Crippen LogP contribution in [0.2, 0.25) is 0 Å². The number of aromatic nitrogens is 3. The first kappa shape index (κ1) is 28.4. The van der Waals surface area contributed by atoms with Crippen molar-refractivity contribution in [2.45, 2.75) is 25.3 Å². The third kappa shape index (κ3) is 5.97. The summed E-state index contributed by atoms with van der Waals surface area (Å²) in [7, 11) is 7.76. The summed E-state index contributed by atoms with van der Waals surface area (Å²) < 4.78 is 36.9. The lowest BCUT2D eigenvalue weighted by atomic mass is 10.00. The highest BCUT2D eigenvalue weighted by Gasteiger charge is 2.37. The van der Waals surface area contributed by atoms with Crippen LogP contribution >= 0.6 is 0 Å². The molecule has 0 bridgehead atoms. The number of methoxy groups -OCH3 is 1. The van der Waals surface area contributed by atoms with E-state index in [9.17, 15) is 8.78 Å². The molecule has 0 unspecified atom stereocenters. The molecule has 8 nitrogen and oxygen atoms in total. The first-order chi connectivity index (χ1) is 19.7. The molecule has 0 radical (unpaired) electrons. The Labute approximate surface area is 239 Å². The Morgan fingerprint density at radius 2 is 1.93 bits per heavy atom. The number of aryl methyl sites for hydroxylation is 1. The van der Waals surface area contributed by atoms with E-state index in [0.717, 1.165) is 40.9 Å². The van der Waals surface area contributed by atoms with Gasteiger partial charge in [0.15, 0.2) is 0 Å². The van der Waals surface area contributed by atoms with E-state index in [2.05, 4.69) is 32.0 Å². The Bertz CT molecular complexity index is 1550. The summed E-state index contributed by atoms with van der Waals surface area (Å²) >= 11 is 0. The molecule has 1 aliphatic heterocycles. The second kappa shape index (κ2) is 11.7. The predicted octanol–water partition coefficient (Wildman–Crippen LogP) is 6.03. The van der Waals surface area contributed by atoms with Gasteiger partial charge >= 0.3 is 0 Å². The maximum atomic E-state index is 14.6. The van der Waals surface area contributed by atoms with E-state index < -0.39 is 5.92 Å². The van der Waals surface area contributed by atoms with Crippen LogP contribution in [0.5, 0.6) is 5.75 Å². The van der Waals surface area contributed by atoms with Crippen LogP contribution < -0.4 is 20.3 Å². The number of halogens is 2. The lowest BCUT2D eigenvalue weighted by Crippen LogP contribution is -2.29. The number of nitrogens with zero attached hydrogens (tertiary/aromatic N) is 5. The van der Waals surface area contributed by atoms with Gasteiger partial charge in [0.1, 0.15) is 5.75 Å². The number of anilines is 4. The average molecular weight is 562 g/mol. The number of hydrogen-bond acceptors (Lipinski definition) is 7. The Balaban J connectivity index is 1.53. The van der Waals surface area contributed by atoms with Gasteiger partial charge in [-0.3, -0.25) is 0 Å². The van der Waals surface area contributed by atoms with Gasteiger partial charge in [0.05, 0.1) is 36.3 Å². The topological polar surface area (TPSA) is 70.5 Å². The Hall–Kier alpha value is -4.18. The van der Waals surface area contributed by atoms with Crippen molar-refractivity contribution in [2.24, 2.45) is 0 Å². The van der Waals surface area contributed by atoms with Gasteiger partial charge in [-0.2, -0.15) is 0 Å². The lowest BCUT2D eigenvalue weighted by molar-refractivity contribution is -0.0217. The van der Waals surface area contributed by atoms with Crippen LogP contribution in [0.1, 0.15) is 12.1 Å². The number of ether oxygens (including phenoxy) is 1. The Kier molecular flexibility index (Phi) is 8.12. The van der Waals surface area contributed by atoms with Gasteiger partial charge in [0, 0.05) is 74.1 Å². The highest BCUT2D eigenvalue weighted by Crippen LogP contribution is 2.42. The smallest absolute Gasteiger partial charge is 0.255 e. The summed E-state index contributed by atoms with van der Waals surface area (Å²) in [5, 5.41) is 7.64. The fourth-order valence-corrected chi connectivity index (χ4v) is 5.31. The maximum absolute atomic E-state index is 14.6. The molecule has 0 saturated heterocycles. The summed E-state index contributed by atoms with van der Waals surface area (Å²) in [4.78, 5) is 13.6. The van der Waals surface area contributed by atoms with Gasteiger partial charge < -0.3 is 29.7 Å². The fourth-order valence-electron chi connectivity index (χ4n) is 5.31. The molecule has 4 aromatic rings. The van der Waals surface area contributed by atoms with Crippen molar-refractivity contribution >= 4 is 33.9 Å². The summed E-state index contributed by atoms with van der Waals surface area (Å²) in [6, 6.07) is 13.5. The molecule has 2 aromatic carbocycles. The minimum Gasteiger partial charge on any atom is -0.494 e. The highest BCUT2D eigenvalue weighted by molar-refractivity contribution is 5.97. The predicted molar refractivity (Wildman–Crippen MR) is 163 cm³/mol. The van der Waals surface area contributed by atoms with Gasteiger partial charge in [-0.05, 0) is 32.3 Å². The number of para-hydroxylation sites is 1. The Morgan fingerprint density at radius 1 is 1.12 bits per heavy atom. The van der Waals surface area contributed by atoms with Crippen molar-refractivity contribution < 1.29 is 13.5 Å². The molecule has 0 atom stereocenters. The zero-order valence-corrected chi connectivity index (χ0v) is 24.0. The van der Waals surface area contributed by atoms with Gasteiger partial charge in [0.25, 0.3) is 5.92 Å². The number of hydrogen-bond donors (Lipinski definition) is 2. The monoisotopic (exact) mass is 561 g/mol. The van der Waals surface area contributed by atoms with Crippen LogP contribution in [0, 0.1) is 0 Å². The van der Waals surface area contributed by atoms with E-state index in [1.165, 1.54) is 0 Å². The number of nitrogens with one attached hydrogen (secondary N) is 2. The molecule has 5 rings (SSSR count). The second-order valence-corrected chi connectivity index (χ2v) is 10.6. The molecular formula is C31H37F2N7O. The van der Waals surface area contributed by atoms with Crippen molar-refractivity contribution in [3.8, 4) is 17.0 Å². The summed E-state index contributed by atoms with van der Waals surface area (Å²) in [6.07, 6.45) is 2.97. The number of likely N-dealkylation sites (N-methyl/N-ethyl adjacent to an activating group) is 2. The van der Waals surface area contributed by atoms with Crippen molar-refractivity contribution in [1.82, 2.24) is 19.4 Å². The van der Waals surface area contributed by atoms with Crippen molar-refractivity contribution in [3.05, 3.63) is 67.0 Å². The number of benzene rings is 2. The van der Waals surface area contributed by atoms with Gasteiger partial charge in [-0.15, -0.1) is 6.58 Å². The van der Waals surface area contributed by atoms with E-state index in [-0.39, 0.29) is 19.4 Å². The van der Waals surface area contributed by atoms with E-state index in [4.69, 9.17) is 9.72 Å². The fraction of sp³-hybridized carbons (Fsp3) is 0.355. The van der Waals surface area contributed by atoms with Crippen LogP contribution in [-0.2, 0) is 13.0 Å². The van der Waals surface area contributed by atoms with E-state index in [0.29, 0.717) is 35.3 Å². The second-order valence-electron chi connectivity index (χ2n) is 10.6. The molecule has 1 aliphatic rings. The maximum Gasteiger partial charge on any atom is 0.255 e. The minimum absolute atomic E-state index is 0.170. The SMILES string of the molecule is C=CCNc1cc(Nc2nccc(-c3c4n(c5ccccc35)CCC(F)(F)C4)n2)c(OC)cc1N(C)CCN(C)C. The van der Waals surface area contributed by atoms with Crippen LogP contribution in [0.3, 0.4) is 0 Å². The first-order valence-corrected chi connectivity index (χ1v) is 13.7. The molecule has 216 valence electrons. The van der Waals surface area contributed by atoms with Crippen LogP contribution in [-0.4, -0.2) is 73.2 Å². The standard InChI is InChI=1S/C31H37F2N7O/c1-6-13-34-23-18-24(28(41-5)19-26(23)39(4)17-16-38(2)3)37-30-35-14-11-22(36-30)29-21-9-7-8-10-25(21)40-15-12-31(32,33)20-27(29)40/h6-11,14,18-19,34H,1,12-13,15-17,20H2,2-5H3,(H,35,36,37). The van der Waals surface area contributed by atoms with Crippen molar-refractivity contribution in [2.75, 3.05) is 63.4 Å². The first-order valence-electron chi connectivity index (χ1n) is 13.7. The van der Waals surface area contributed by atoms with Crippen molar-refractivity contribution in [3.63, 3.8) is 0 Å². The number of alkyl halides is 2. The minimum atomic E-state index is -2.75. The molecule has 10 heteroatoms. The molecule has 0 fully saturated rings. The largest absolute Gasteiger partial charge is 0.494 e. The highest BCUT2D eigenvalue weighted by atomic mass is 19.3. The molecular weight excluding hydrogens is 524 g/mol. The van der Waals surface area contributed by atoms with Gasteiger partial charge in [-0.1, -0.05) is 24.3 Å². The van der Waals surface area contributed by atoms with E-state index >= 15 is 0 Å². The van der Waals surface area contributed by atoms with Crippen molar-refractivity contribution in [1.29, 1.82) is 0 Å². The molecule has 0 saturated carbocycles. The summed E-state index contributed by atoms with van der Waals surface area (Å²) in [5.74, 6) is -1.78. The number of fused-ring (bicyclic) bond motifs is 3. The van der Waals surface area contributed by atoms with Crippen LogP contribution in [0.25, 0.3) is 22.2 Å². The molecule has 0 aliphatic carbocycles. The third-order valence-electron chi connectivity index (χ3n) is 7.41. The quantitative estimate of drug-likeness (QED) is 0.217. The average Bonchev–Trinajstić information content (AvgIpc) is 3.27. The van der Waals surface area contributed by atoms with Gasteiger partial charge in [0.2, 0.25) is 5.95 Å². The Morgan fingerprint density at radius 3 is 2.68 bits per heavy atom. The zero-order chi connectivity index (χ0) is 29.1. The van der Waals surface area contributed by atoms with E-state index in [1.807, 2.05) is 62.1 Å². The molecule has 0 amide bonds. The van der Waals surface area contributed by atoms with Crippen LogP contribution in [0.15, 0.2) is 61.3 Å². The third-order valence-corrected chi connectivity index (χ3v) is 7.41. The normalized spacial score (nSPS) is 14.1. The molecule has 0 spiro atoms. The van der Waals surface area contributed by atoms with E-state index in [1.54, 1.807) is 25.4 Å². The zero-order valence-electron chi connectivity index (χ0n) is 24.0. The van der Waals surface area contributed by atoms with Crippen LogP contribution in [0.4, 0.5) is 31.8 Å². The summed E-state index contributed by atoms with van der Waals surface area (Å²) in [6.45, 7) is 6.41. The number of rotatable bonds is 11. The summed E-state index contributed by atoms with van der Waals surface area (Å²) in [5.41, 5.74) is 5.42. The molecule has 2 aromatic heterocycles. The lowest BCUT2D eigenvalue weighted by Gasteiger charge is -2.26. The molecule has 2 N–H and O–H groups in total. The van der Waals surface area contributed by atoms with Gasteiger partial charge in [-0.25, -0.2) is 18.7 Å².